The smallest absolute Gasteiger partial charge is 0.243 e. The zero-order valence-electron chi connectivity index (χ0n) is 12.6. The molecule has 1 fully saturated rings. The van der Waals surface area contributed by atoms with Gasteiger partial charge >= 0.3 is 0 Å². The van der Waals surface area contributed by atoms with Gasteiger partial charge in [0.25, 0.3) is 0 Å². The van der Waals surface area contributed by atoms with E-state index >= 15 is 0 Å². The number of hydrogen-bond acceptors (Lipinski definition) is 6. The first kappa shape index (κ1) is 17.6. The second-order valence-electron chi connectivity index (χ2n) is 5.72. The van der Waals surface area contributed by atoms with Crippen molar-refractivity contribution in [1.82, 2.24) is 14.9 Å². The van der Waals surface area contributed by atoms with Crippen molar-refractivity contribution in [3.8, 4) is 0 Å². The Morgan fingerprint density at radius 3 is 2.54 bits per heavy atom. The van der Waals surface area contributed by atoms with Crippen LogP contribution in [0.15, 0.2) is 27.6 Å². The Hall–Kier alpha value is -1.19. The maximum atomic E-state index is 12.3. The highest BCUT2D eigenvalue weighted by Crippen LogP contribution is 2.36. The van der Waals surface area contributed by atoms with Crippen LogP contribution in [0, 0.1) is 0 Å². The molecule has 3 N–H and O–H groups in total. The van der Waals surface area contributed by atoms with Crippen LogP contribution in [0.5, 0.6) is 0 Å². The summed E-state index contributed by atoms with van der Waals surface area (Å²) >= 11 is 11.9. The normalized spacial score (nSPS) is 16.8. The maximum absolute atomic E-state index is 12.3. The number of rotatable bonds is 6. The predicted octanol–water partition coefficient (Wildman–Crippen LogP) is 2.24. The molecule has 3 rings (SSSR count). The Morgan fingerprint density at radius 1 is 1.29 bits per heavy atom. The summed E-state index contributed by atoms with van der Waals surface area (Å²) in [7, 11) is -3.84. The SMILES string of the molecule is NC1(c2noc(CCNS(=O)(=O)c3c(Cl)cccc3Cl)n2)CCC1. The second kappa shape index (κ2) is 6.61. The maximum Gasteiger partial charge on any atom is 0.243 e. The molecule has 0 saturated heterocycles. The quantitative estimate of drug-likeness (QED) is 0.781. The summed E-state index contributed by atoms with van der Waals surface area (Å²) < 4.78 is 32.2. The molecule has 0 radical (unpaired) electrons. The van der Waals surface area contributed by atoms with Crippen molar-refractivity contribution in [2.75, 3.05) is 6.54 Å². The van der Waals surface area contributed by atoms with E-state index in [-0.39, 0.29) is 27.9 Å². The molecular weight excluding hydrogens is 375 g/mol. The summed E-state index contributed by atoms with van der Waals surface area (Å²) in [5.74, 6) is 0.801. The van der Waals surface area contributed by atoms with Gasteiger partial charge in [0.2, 0.25) is 15.9 Å². The average Bonchev–Trinajstić information content (AvgIpc) is 2.93. The van der Waals surface area contributed by atoms with Gasteiger partial charge in [0.05, 0.1) is 15.6 Å². The van der Waals surface area contributed by atoms with Crippen molar-refractivity contribution in [3.63, 3.8) is 0 Å². The van der Waals surface area contributed by atoms with Crippen LogP contribution in [0.2, 0.25) is 10.0 Å². The fourth-order valence-electron chi connectivity index (χ4n) is 2.44. The standard InChI is InChI=1S/C14H16Cl2N4O3S/c15-9-3-1-4-10(16)12(9)24(21,22)18-8-5-11-19-13(20-23-11)14(17)6-2-7-14/h1,3-4,18H,2,5-8,17H2. The molecule has 2 aromatic rings. The van der Waals surface area contributed by atoms with E-state index in [0.29, 0.717) is 11.7 Å². The van der Waals surface area contributed by atoms with Crippen molar-refractivity contribution in [2.24, 2.45) is 5.73 Å². The molecule has 0 bridgehead atoms. The van der Waals surface area contributed by atoms with Crippen molar-refractivity contribution in [1.29, 1.82) is 0 Å². The molecule has 1 saturated carbocycles. The Bertz CT molecular complexity index is 829. The number of aromatic nitrogens is 2. The van der Waals surface area contributed by atoms with Crippen LogP contribution in [-0.4, -0.2) is 25.1 Å². The molecule has 7 nitrogen and oxygen atoms in total. The van der Waals surface area contributed by atoms with Gasteiger partial charge in [0, 0.05) is 13.0 Å². The number of nitrogens with one attached hydrogen (secondary N) is 1. The van der Waals surface area contributed by atoms with Crippen molar-refractivity contribution in [2.45, 2.75) is 36.1 Å². The highest BCUT2D eigenvalue weighted by atomic mass is 35.5. The van der Waals surface area contributed by atoms with Crippen LogP contribution in [0.1, 0.15) is 31.0 Å². The van der Waals surface area contributed by atoms with E-state index in [9.17, 15) is 8.42 Å². The van der Waals surface area contributed by atoms with Gasteiger partial charge in [-0.1, -0.05) is 34.4 Å². The molecule has 0 amide bonds. The third-order valence-corrected chi connectivity index (χ3v) is 6.39. The molecule has 10 heteroatoms. The fourth-order valence-corrected chi connectivity index (χ4v) is 4.62. The molecule has 0 spiro atoms. The van der Waals surface area contributed by atoms with Gasteiger partial charge in [-0.25, -0.2) is 13.1 Å². The van der Waals surface area contributed by atoms with E-state index in [1.807, 2.05) is 0 Å². The topological polar surface area (TPSA) is 111 Å². The molecule has 1 aromatic heterocycles. The van der Waals surface area contributed by atoms with Gasteiger partial charge < -0.3 is 10.3 Å². The van der Waals surface area contributed by atoms with Gasteiger partial charge in [0.15, 0.2) is 5.82 Å². The lowest BCUT2D eigenvalue weighted by Crippen LogP contribution is -2.44. The van der Waals surface area contributed by atoms with Crippen molar-refractivity contribution in [3.05, 3.63) is 40.0 Å². The number of benzene rings is 1. The van der Waals surface area contributed by atoms with Gasteiger partial charge in [0.1, 0.15) is 4.90 Å². The minimum Gasteiger partial charge on any atom is -0.339 e. The van der Waals surface area contributed by atoms with Crippen LogP contribution in [0.25, 0.3) is 0 Å². The minimum atomic E-state index is -3.84. The van der Waals surface area contributed by atoms with Crippen LogP contribution >= 0.6 is 23.2 Å². The Morgan fingerprint density at radius 2 is 1.96 bits per heavy atom. The van der Waals surface area contributed by atoms with E-state index < -0.39 is 15.6 Å². The summed E-state index contributed by atoms with van der Waals surface area (Å²) in [6.45, 7) is 0.0725. The lowest BCUT2D eigenvalue weighted by atomic mass is 9.77. The molecule has 130 valence electrons. The van der Waals surface area contributed by atoms with Crippen LogP contribution in [-0.2, 0) is 22.0 Å². The fraction of sp³-hybridized carbons (Fsp3) is 0.429. The first-order valence-electron chi connectivity index (χ1n) is 7.37. The lowest BCUT2D eigenvalue weighted by molar-refractivity contribution is 0.229. The highest BCUT2D eigenvalue weighted by Gasteiger charge is 2.38. The Balaban J connectivity index is 1.64. The Kier molecular flexibility index (Phi) is 4.85. The van der Waals surface area contributed by atoms with Gasteiger partial charge in [-0.15, -0.1) is 0 Å². The number of sulfonamides is 1. The van der Waals surface area contributed by atoms with Crippen LogP contribution < -0.4 is 10.5 Å². The first-order valence-corrected chi connectivity index (χ1v) is 9.61. The minimum absolute atomic E-state index is 0.0603. The molecule has 1 heterocycles. The monoisotopic (exact) mass is 390 g/mol. The summed E-state index contributed by atoms with van der Waals surface area (Å²) in [5.41, 5.74) is 5.61. The van der Waals surface area contributed by atoms with Gasteiger partial charge in [-0.05, 0) is 31.4 Å². The van der Waals surface area contributed by atoms with Crippen LogP contribution in [0.3, 0.4) is 0 Å². The summed E-state index contributed by atoms with van der Waals surface area (Å²) in [6.07, 6.45) is 2.93. The van der Waals surface area contributed by atoms with Crippen LogP contribution in [0.4, 0.5) is 0 Å². The summed E-state index contributed by atoms with van der Waals surface area (Å²) in [6, 6.07) is 4.50. The zero-order chi connectivity index (χ0) is 17.4. The van der Waals surface area contributed by atoms with E-state index in [4.69, 9.17) is 33.5 Å². The highest BCUT2D eigenvalue weighted by molar-refractivity contribution is 7.89. The molecule has 1 aromatic carbocycles. The Labute approximate surface area is 149 Å². The van der Waals surface area contributed by atoms with E-state index in [0.717, 1.165) is 19.3 Å². The largest absolute Gasteiger partial charge is 0.339 e. The average molecular weight is 391 g/mol. The van der Waals surface area contributed by atoms with Gasteiger partial charge in [-0.3, -0.25) is 0 Å². The van der Waals surface area contributed by atoms with E-state index in [1.54, 1.807) is 6.07 Å². The third-order valence-electron chi connectivity index (χ3n) is 3.98. The van der Waals surface area contributed by atoms with E-state index in [2.05, 4.69) is 14.9 Å². The molecule has 0 aliphatic heterocycles. The number of nitrogens with zero attached hydrogens (tertiary/aromatic N) is 2. The molecule has 1 aliphatic carbocycles. The van der Waals surface area contributed by atoms with E-state index in [1.165, 1.54) is 12.1 Å². The molecule has 0 unspecified atom stereocenters. The molecular formula is C14H16Cl2N4O3S. The summed E-state index contributed by atoms with van der Waals surface area (Å²) in [4.78, 5) is 4.10. The summed E-state index contributed by atoms with van der Waals surface area (Å²) in [5, 5.41) is 4.00. The van der Waals surface area contributed by atoms with Crippen molar-refractivity contribution >= 4 is 33.2 Å². The first-order chi connectivity index (χ1) is 11.3. The van der Waals surface area contributed by atoms with Gasteiger partial charge in [-0.2, -0.15) is 4.98 Å². The third kappa shape index (κ3) is 3.43. The number of hydrogen-bond donors (Lipinski definition) is 2. The molecule has 0 atom stereocenters. The molecule has 1 aliphatic rings. The molecule has 24 heavy (non-hydrogen) atoms. The number of halogens is 2. The second-order valence-corrected chi connectivity index (χ2v) is 8.24. The predicted molar refractivity (Wildman–Crippen MR) is 89.4 cm³/mol. The number of nitrogens with two attached hydrogens (primary N) is 1. The zero-order valence-corrected chi connectivity index (χ0v) is 15.0. The van der Waals surface area contributed by atoms with Crippen molar-refractivity contribution < 1.29 is 12.9 Å². The lowest BCUT2D eigenvalue weighted by Gasteiger charge is -2.34.